The Hall–Kier alpha value is -1.67. The fourth-order valence-electron chi connectivity index (χ4n) is 1.21. The number of para-hydroxylation sites is 2. The Morgan fingerprint density at radius 1 is 1.53 bits per heavy atom. The summed E-state index contributed by atoms with van der Waals surface area (Å²) in [6.45, 7) is -0.0301. The number of rotatable bonds is 6. The molecule has 0 fully saturated rings. The van der Waals surface area contributed by atoms with Crippen LogP contribution in [0.1, 0.15) is 6.42 Å². The van der Waals surface area contributed by atoms with Gasteiger partial charge in [0.15, 0.2) is 6.61 Å². The van der Waals surface area contributed by atoms with Crippen LogP contribution in [0.2, 0.25) is 0 Å². The lowest BCUT2D eigenvalue weighted by molar-refractivity contribution is -0.115. The number of carbonyl (C=O) groups excluding carboxylic acids is 1. The minimum absolute atomic E-state index is 0.0301. The van der Waals surface area contributed by atoms with E-state index in [0.717, 1.165) is 5.75 Å². The molecule has 5 heteroatoms. The van der Waals surface area contributed by atoms with Crippen LogP contribution in [0.3, 0.4) is 0 Å². The van der Waals surface area contributed by atoms with E-state index in [9.17, 15) is 4.79 Å². The maximum Gasteiger partial charge on any atom is 0.225 e. The normalized spacial score (nSPS) is 9.41. The zero-order valence-corrected chi connectivity index (χ0v) is 10.4. The quantitative estimate of drug-likeness (QED) is 0.841. The van der Waals surface area contributed by atoms with Gasteiger partial charge in [0.05, 0.1) is 5.69 Å². The van der Waals surface area contributed by atoms with Crippen molar-refractivity contribution in [3.8, 4) is 11.8 Å². The number of benzene rings is 1. The molecule has 0 atom stereocenters. The molecule has 0 aliphatic rings. The zero-order chi connectivity index (χ0) is 12.5. The number of anilines is 1. The Morgan fingerprint density at radius 2 is 2.29 bits per heavy atom. The van der Waals surface area contributed by atoms with Crippen molar-refractivity contribution in [1.82, 2.24) is 0 Å². The third-order valence-corrected chi connectivity index (χ3v) is 2.60. The molecular weight excluding hydrogens is 236 g/mol. The minimum Gasteiger partial charge on any atom is -0.477 e. The summed E-state index contributed by atoms with van der Waals surface area (Å²) in [5.74, 6) is 1.26. The van der Waals surface area contributed by atoms with E-state index in [2.05, 4.69) is 5.32 Å². The Balaban J connectivity index is 2.63. The lowest BCUT2D eigenvalue weighted by Crippen LogP contribution is -2.13. The zero-order valence-electron chi connectivity index (χ0n) is 9.60. The van der Waals surface area contributed by atoms with Crippen molar-refractivity contribution in [2.45, 2.75) is 6.42 Å². The van der Waals surface area contributed by atoms with Crippen LogP contribution < -0.4 is 10.1 Å². The number of thioether (sulfide) groups is 1. The number of hydrogen-bond acceptors (Lipinski definition) is 4. The second-order valence-corrected chi connectivity index (χ2v) is 4.22. The third-order valence-electron chi connectivity index (χ3n) is 1.99. The number of nitrogens with zero attached hydrogens (tertiary/aromatic N) is 1. The smallest absolute Gasteiger partial charge is 0.225 e. The van der Waals surface area contributed by atoms with Crippen LogP contribution in [0.15, 0.2) is 24.3 Å². The van der Waals surface area contributed by atoms with E-state index in [1.165, 1.54) is 0 Å². The molecule has 1 rings (SSSR count). The van der Waals surface area contributed by atoms with Crippen molar-refractivity contribution in [1.29, 1.82) is 5.26 Å². The SMILES string of the molecule is CSCCC(=O)Nc1ccccc1OCC#N. The molecule has 0 spiro atoms. The topological polar surface area (TPSA) is 62.1 Å². The molecule has 0 radical (unpaired) electrons. The molecule has 90 valence electrons. The maximum absolute atomic E-state index is 11.6. The molecule has 0 unspecified atom stereocenters. The second-order valence-electron chi connectivity index (χ2n) is 3.23. The second kappa shape index (κ2) is 7.58. The average Bonchev–Trinajstić information content (AvgIpc) is 2.35. The lowest BCUT2D eigenvalue weighted by Gasteiger charge is -2.10. The van der Waals surface area contributed by atoms with Gasteiger partial charge in [-0.05, 0) is 18.4 Å². The summed E-state index contributed by atoms with van der Waals surface area (Å²) in [6.07, 6.45) is 2.42. The molecule has 0 saturated heterocycles. The largest absolute Gasteiger partial charge is 0.477 e. The van der Waals surface area contributed by atoms with Gasteiger partial charge in [0.1, 0.15) is 11.8 Å². The fourth-order valence-corrected chi connectivity index (χ4v) is 1.60. The molecule has 1 aromatic rings. The number of ether oxygens (including phenoxy) is 1. The first kappa shape index (κ1) is 13.4. The van der Waals surface area contributed by atoms with Crippen LogP contribution in [-0.2, 0) is 4.79 Å². The molecule has 0 bridgehead atoms. The van der Waals surface area contributed by atoms with Gasteiger partial charge in [-0.2, -0.15) is 17.0 Å². The summed E-state index contributed by atoms with van der Waals surface area (Å²) in [4.78, 5) is 11.6. The highest BCUT2D eigenvalue weighted by Crippen LogP contribution is 2.23. The van der Waals surface area contributed by atoms with Gasteiger partial charge >= 0.3 is 0 Å². The van der Waals surface area contributed by atoms with Crippen molar-refractivity contribution in [3.63, 3.8) is 0 Å². The molecule has 0 heterocycles. The van der Waals surface area contributed by atoms with Gasteiger partial charge in [0, 0.05) is 12.2 Å². The fraction of sp³-hybridized carbons (Fsp3) is 0.333. The van der Waals surface area contributed by atoms with E-state index >= 15 is 0 Å². The highest BCUT2D eigenvalue weighted by molar-refractivity contribution is 7.98. The predicted octanol–water partition coefficient (Wildman–Crippen LogP) is 2.28. The van der Waals surface area contributed by atoms with Gasteiger partial charge in [-0.1, -0.05) is 12.1 Å². The number of nitrogens with one attached hydrogen (secondary N) is 1. The predicted molar refractivity (Wildman–Crippen MR) is 69.2 cm³/mol. The van der Waals surface area contributed by atoms with Crippen LogP contribution in [0.25, 0.3) is 0 Å². The van der Waals surface area contributed by atoms with Crippen molar-refractivity contribution in [2.24, 2.45) is 0 Å². The molecule has 1 amide bonds. The number of nitriles is 1. The van der Waals surface area contributed by atoms with Crippen LogP contribution in [0, 0.1) is 11.3 Å². The van der Waals surface area contributed by atoms with E-state index in [1.54, 1.807) is 30.0 Å². The van der Waals surface area contributed by atoms with Crippen LogP contribution in [-0.4, -0.2) is 24.5 Å². The summed E-state index contributed by atoms with van der Waals surface area (Å²) >= 11 is 1.62. The first-order valence-electron chi connectivity index (χ1n) is 5.15. The molecule has 0 aliphatic carbocycles. The molecular formula is C12H14N2O2S. The van der Waals surface area contributed by atoms with Gasteiger partial charge < -0.3 is 10.1 Å². The van der Waals surface area contributed by atoms with E-state index in [1.807, 2.05) is 18.4 Å². The highest BCUT2D eigenvalue weighted by atomic mass is 32.2. The summed E-state index contributed by atoms with van der Waals surface area (Å²) < 4.78 is 5.21. The summed E-state index contributed by atoms with van der Waals surface area (Å²) in [6, 6.07) is 8.97. The van der Waals surface area contributed by atoms with Crippen LogP contribution in [0.5, 0.6) is 5.75 Å². The maximum atomic E-state index is 11.6. The van der Waals surface area contributed by atoms with E-state index in [-0.39, 0.29) is 12.5 Å². The van der Waals surface area contributed by atoms with Gasteiger partial charge in [0.25, 0.3) is 0 Å². The molecule has 1 N–H and O–H groups in total. The first-order valence-corrected chi connectivity index (χ1v) is 6.55. The Bertz CT molecular complexity index is 415. The highest BCUT2D eigenvalue weighted by Gasteiger charge is 2.06. The van der Waals surface area contributed by atoms with Crippen molar-refractivity contribution in [2.75, 3.05) is 23.9 Å². The summed E-state index contributed by atoms with van der Waals surface area (Å²) in [5, 5.41) is 11.2. The van der Waals surface area contributed by atoms with Crippen LogP contribution in [0.4, 0.5) is 5.69 Å². The molecule has 0 aliphatic heterocycles. The monoisotopic (exact) mass is 250 g/mol. The van der Waals surface area contributed by atoms with E-state index < -0.39 is 0 Å². The number of amides is 1. The van der Waals surface area contributed by atoms with E-state index in [4.69, 9.17) is 10.00 Å². The number of carbonyl (C=O) groups is 1. The standard InChI is InChI=1S/C12H14N2O2S/c1-17-9-6-12(15)14-10-4-2-3-5-11(10)16-8-7-13/h2-5H,6,8-9H2,1H3,(H,14,15). The van der Waals surface area contributed by atoms with Crippen molar-refractivity contribution < 1.29 is 9.53 Å². The van der Waals surface area contributed by atoms with Crippen molar-refractivity contribution >= 4 is 23.4 Å². The molecule has 0 saturated carbocycles. The molecule has 1 aromatic carbocycles. The minimum atomic E-state index is -0.0487. The number of hydrogen-bond donors (Lipinski definition) is 1. The summed E-state index contributed by atoms with van der Waals surface area (Å²) in [5.41, 5.74) is 0.605. The average molecular weight is 250 g/mol. The summed E-state index contributed by atoms with van der Waals surface area (Å²) in [7, 11) is 0. The van der Waals surface area contributed by atoms with E-state index in [0.29, 0.717) is 17.9 Å². The van der Waals surface area contributed by atoms with Crippen molar-refractivity contribution in [3.05, 3.63) is 24.3 Å². The Labute approximate surface area is 105 Å². The Morgan fingerprint density at radius 3 is 3.00 bits per heavy atom. The Kier molecular flexibility index (Phi) is 5.97. The first-order chi connectivity index (χ1) is 8.27. The van der Waals surface area contributed by atoms with Crippen LogP contribution >= 0.6 is 11.8 Å². The molecule has 0 aromatic heterocycles. The molecule has 4 nitrogen and oxygen atoms in total. The molecule has 17 heavy (non-hydrogen) atoms. The van der Waals surface area contributed by atoms with Gasteiger partial charge in [-0.25, -0.2) is 0 Å². The van der Waals surface area contributed by atoms with Gasteiger partial charge in [-0.3, -0.25) is 4.79 Å². The lowest BCUT2D eigenvalue weighted by atomic mass is 10.3. The van der Waals surface area contributed by atoms with Gasteiger partial charge in [0.2, 0.25) is 5.91 Å². The van der Waals surface area contributed by atoms with Gasteiger partial charge in [-0.15, -0.1) is 0 Å². The third kappa shape index (κ3) is 4.79.